The highest BCUT2D eigenvalue weighted by Crippen LogP contribution is 2.33. The number of benzene rings is 2. The Hall–Kier alpha value is -1.81. The fourth-order valence-corrected chi connectivity index (χ4v) is 3.10. The van der Waals surface area contributed by atoms with Crippen molar-refractivity contribution in [2.75, 3.05) is 26.2 Å². The first-order valence-corrected chi connectivity index (χ1v) is 8.31. The van der Waals surface area contributed by atoms with Crippen molar-refractivity contribution in [2.24, 2.45) is 0 Å². The second-order valence-electron chi connectivity index (χ2n) is 4.91. The van der Waals surface area contributed by atoms with Gasteiger partial charge in [-0.3, -0.25) is 0 Å². The summed E-state index contributed by atoms with van der Waals surface area (Å²) in [6.45, 7) is 0.974. The summed E-state index contributed by atoms with van der Waals surface area (Å²) in [5, 5.41) is 2.52. The van der Waals surface area contributed by atoms with E-state index in [2.05, 4.69) is 35.1 Å². The van der Waals surface area contributed by atoms with Crippen molar-refractivity contribution in [2.45, 2.75) is 6.54 Å². The molecule has 0 atom stereocenters. The van der Waals surface area contributed by atoms with Crippen molar-refractivity contribution in [3.63, 3.8) is 0 Å². The number of hydrogen-bond acceptors (Lipinski definition) is 3. The molecule has 0 bridgehead atoms. The molecule has 0 spiro atoms. The molecule has 0 unspecified atom stereocenters. The molecule has 0 aliphatic carbocycles. The molecule has 0 N–H and O–H groups in total. The topological polar surface area (TPSA) is 23.4 Å². The molecule has 0 saturated heterocycles. The van der Waals surface area contributed by atoms with Crippen molar-refractivity contribution >= 4 is 33.6 Å². The minimum absolute atomic E-state index is 0.891. The van der Waals surface area contributed by atoms with Crippen LogP contribution in [-0.4, -0.2) is 30.8 Å². The number of aromatic nitrogens is 1. The summed E-state index contributed by atoms with van der Waals surface area (Å²) in [4.78, 5) is 0. The monoisotopic (exact) mass is 301 g/mol. The summed E-state index contributed by atoms with van der Waals surface area (Å²) in [6, 6.07) is 12.5. The lowest BCUT2D eigenvalue weighted by Gasteiger charge is -2.08. The number of fused-ring (bicyclic) bond motifs is 3. The van der Waals surface area contributed by atoms with E-state index in [1.807, 2.05) is 23.9 Å². The molecule has 0 saturated carbocycles. The molecule has 3 nitrogen and oxygen atoms in total. The zero-order chi connectivity index (χ0) is 14.8. The Morgan fingerprint density at radius 2 is 1.43 bits per heavy atom. The molecule has 0 radical (unpaired) electrons. The maximum Gasteiger partial charge on any atom is 0.120 e. The molecular weight excluding hydrogens is 282 g/mol. The number of hydrogen-bond donors (Lipinski definition) is 0. The summed E-state index contributed by atoms with van der Waals surface area (Å²) < 4.78 is 13.1. The zero-order valence-electron chi connectivity index (χ0n) is 12.6. The lowest BCUT2D eigenvalue weighted by molar-refractivity contribution is 0.415. The maximum atomic E-state index is 5.38. The van der Waals surface area contributed by atoms with Gasteiger partial charge < -0.3 is 14.0 Å². The van der Waals surface area contributed by atoms with E-state index >= 15 is 0 Å². The van der Waals surface area contributed by atoms with Gasteiger partial charge in [-0.2, -0.15) is 11.8 Å². The molecule has 1 aromatic heterocycles. The van der Waals surface area contributed by atoms with Crippen LogP contribution < -0.4 is 9.47 Å². The minimum Gasteiger partial charge on any atom is -0.497 e. The molecule has 110 valence electrons. The molecule has 0 aliphatic rings. The van der Waals surface area contributed by atoms with E-state index in [-0.39, 0.29) is 0 Å². The van der Waals surface area contributed by atoms with Crippen LogP contribution in [0.3, 0.4) is 0 Å². The van der Waals surface area contributed by atoms with Crippen molar-refractivity contribution in [3.8, 4) is 11.5 Å². The number of rotatable bonds is 5. The number of methoxy groups -OCH3 is 2. The maximum absolute atomic E-state index is 5.38. The molecule has 0 aliphatic heterocycles. The van der Waals surface area contributed by atoms with Crippen LogP contribution >= 0.6 is 11.8 Å². The van der Waals surface area contributed by atoms with Gasteiger partial charge in [0, 0.05) is 35.2 Å². The Labute approximate surface area is 128 Å². The summed E-state index contributed by atoms with van der Waals surface area (Å²) in [5.74, 6) is 2.86. The Bertz CT molecular complexity index is 718. The van der Waals surface area contributed by atoms with Gasteiger partial charge in [-0.25, -0.2) is 0 Å². The summed E-state index contributed by atoms with van der Waals surface area (Å²) in [7, 11) is 3.41. The average molecular weight is 301 g/mol. The minimum atomic E-state index is 0.891. The van der Waals surface area contributed by atoms with Gasteiger partial charge in [-0.1, -0.05) is 0 Å². The smallest absolute Gasteiger partial charge is 0.120 e. The van der Waals surface area contributed by atoms with Gasteiger partial charge in [-0.15, -0.1) is 0 Å². The molecule has 0 amide bonds. The Morgan fingerprint density at radius 1 is 0.905 bits per heavy atom. The number of nitrogens with zero attached hydrogens (tertiary/aromatic N) is 1. The largest absolute Gasteiger partial charge is 0.497 e. The van der Waals surface area contributed by atoms with E-state index in [0.29, 0.717) is 0 Å². The molecule has 2 aromatic carbocycles. The first-order chi connectivity index (χ1) is 10.3. The molecular formula is C17H19NO2S. The summed E-state index contributed by atoms with van der Waals surface area (Å²) in [6.07, 6.45) is 2.13. The van der Waals surface area contributed by atoms with Gasteiger partial charge in [0.25, 0.3) is 0 Å². The molecule has 3 rings (SSSR count). The predicted octanol–water partition coefficient (Wildman–Crippen LogP) is 4.17. The molecule has 21 heavy (non-hydrogen) atoms. The molecule has 1 heterocycles. The predicted molar refractivity (Wildman–Crippen MR) is 90.9 cm³/mol. The lowest BCUT2D eigenvalue weighted by atomic mass is 10.1. The van der Waals surface area contributed by atoms with Crippen molar-refractivity contribution in [1.82, 2.24) is 4.57 Å². The number of aryl methyl sites for hydroxylation is 1. The molecule has 3 aromatic rings. The van der Waals surface area contributed by atoms with E-state index < -0.39 is 0 Å². The van der Waals surface area contributed by atoms with Crippen molar-refractivity contribution in [3.05, 3.63) is 36.4 Å². The Kier molecular flexibility index (Phi) is 3.97. The fourth-order valence-electron chi connectivity index (χ4n) is 2.73. The normalized spacial score (nSPS) is 11.2. The lowest BCUT2D eigenvalue weighted by Crippen LogP contribution is -2.00. The standard InChI is InChI=1S/C17H19NO2S/c1-19-12-4-6-14-15-7-5-13(20-2)11-17(15)18(8-9-21-3)16(14)10-12/h4-7,10-11H,8-9H2,1-3H3. The van der Waals surface area contributed by atoms with Gasteiger partial charge in [0.05, 0.1) is 25.3 Å². The summed E-state index contributed by atoms with van der Waals surface area (Å²) in [5.41, 5.74) is 2.43. The van der Waals surface area contributed by atoms with Gasteiger partial charge in [0.1, 0.15) is 11.5 Å². The Morgan fingerprint density at radius 3 is 1.86 bits per heavy atom. The van der Waals surface area contributed by atoms with Crippen molar-refractivity contribution < 1.29 is 9.47 Å². The van der Waals surface area contributed by atoms with Crippen LogP contribution in [0.1, 0.15) is 0 Å². The van der Waals surface area contributed by atoms with Crippen molar-refractivity contribution in [1.29, 1.82) is 0 Å². The van der Waals surface area contributed by atoms with Gasteiger partial charge in [0.2, 0.25) is 0 Å². The molecule has 0 fully saturated rings. The van der Waals surface area contributed by atoms with E-state index in [9.17, 15) is 0 Å². The van der Waals surface area contributed by atoms with E-state index in [1.54, 1.807) is 14.2 Å². The fraction of sp³-hybridized carbons (Fsp3) is 0.294. The zero-order valence-corrected chi connectivity index (χ0v) is 13.4. The highest BCUT2D eigenvalue weighted by molar-refractivity contribution is 7.98. The van der Waals surface area contributed by atoms with Gasteiger partial charge in [-0.05, 0) is 30.5 Å². The van der Waals surface area contributed by atoms with Crippen LogP contribution in [0.25, 0.3) is 21.8 Å². The highest BCUT2D eigenvalue weighted by Gasteiger charge is 2.12. The van der Waals surface area contributed by atoms with E-state index in [0.717, 1.165) is 23.8 Å². The summed E-state index contributed by atoms with van der Waals surface area (Å²) >= 11 is 1.85. The van der Waals surface area contributed by atoms with Crippen LogP contribution in [-0.2, 0) is 6.54 Å². The van der Waals surface area contributed by atoms with E-state index in [1.165, 1.54) is 21.8 Å². The third kappa shape index (κ3) is 2.44. The second-order valence-corrected chi connectivity index (χ2v) is 5.90. The van der Waals surface area contributed by atoms with Crippen LogP contribution in [0.2, 0.25) is 0 Å². The van der Waals surface area contributed by atoms with Crippen LogP contribution in [0, 0.1) is 0 Å². The quantitative estimate of drug-likeness (QED) is 0.706. The Balaban J connectivity index is 2.31. The first kappa shape index (κ1) is 14.1. The average Bonchev–Trinajstić information content (AvgIpc) is 2.84. The third-order valence-electron chi connectivity index (χ3n) is 3.80. The third-order valence-corrected chi connectivity index (χ3v) is 4.39. The first-order valence-electron chi connectivity index (χ1n) is 6.91. The van der Waals surface area contributed by atoms with Gasteiger partial charge in [0.15, 0.2) is 0 Å². The highest BCUT2D eigenvalue weighted by atomic mass is 32.2. The van der Waals surface area contributed by atoms with Crippen LogP contribution in [0.5, 0.6) is 11.5 Å². The van der Waals surface area contributed by atoms with E-state index in [4.69, 9.17) is 9.47 Å². The van der Waals surface area contributed by atoms with Gasteiger partial charge >= 0.3 is 0 Å². The number of ether oxygens (including phenoxy) is 2. The molecule has 4 heteroatoms. The van der Waals surface area contributed by atoms with Crippen LogP contribution in [0.4, 0.5) is 0 Å². The van der Waals surface area contributed by atoms with Crippen LogP contribution in [0.15, 0.2) is 36.4 Å². The number of thioether (sulfide) groups is 1. The SMILES string of the molecule is COc1ccc2c3ccc(OC)cc3n(CCSC)c2c1. The second kappa shape index (κ2) is 5.90.